The molecule has 3 fully saturated rings. The average molecular weight is 599 g/mol. The highest BCUT2D eigenvalue weighted by atomic mass is 16.5. The van der Waals surface area contributed by atoms with Crippen LogP contribution in [0.15, 0.2) is 36.5 Å². The fraction of sp³-hybridized carbons (Fsp3) is 0.545. The SMILES string of the molecule is CC1CNCCN1C(=O)C1CCC(n2c(NC(=O)c3ccc(C#N)cc3)nc3cnc(OCCN4CCCCC4)cc32)CC1. The Morgan fingerprint density at radius 2 is 1.86 bits per heavy atom. The number of hydrogen-bond donors (Lipinski definition) is 2. The number of anilines is 1. The molecule has 2 aliphatic heterocycles. The minimum Gasteiger partial charge on any atom is -0.476 e. The van der Waals surface area contributed by atoms with Crippen LogP contribution < -0.4 is 15.4 Å². The molecule has 6 rings (SSSR count). The number of imidazole rings is 1. The zero-order valence-electron chi connectivity index (χ0n) is 25.5. The van der Waals surface area contributed by atoms with Gasteiger partial charge in [-0.2, -0.15) is 5.26 Å². The highest BCUT2D eigenvalue weighted by Crippen LogP contribution is 2.38. The fourth-order valence-corrected chi connectivity index (χ4v) is 6.83. The number of ether oxygens (including phenoxy) is 1. The Bertz CT molecular complexity index is 1500. The number of benzene rings is 1. The molecule has 11 heteroatoms. The van der Waals surface area contributed by atoms with Crippen LogP contribution in [-0.4, -0.2) is 88.1 Å². The van der Waals surface area contributed by atoms with Crippen molar-refractivity contribution >= 4 is 28.8 Å². The summed E-state index contributed by atoms with van der Waals surface area (Å²) in [6.07, 6.45) is 8.66. The summed E-state index contributed by atoms with van der Waals surface area (Å²) in [7, 11) is 0. The molecular weight excluding hydrogens is 556 g/mol. The molecule has 232 valence electrons. The summed E-state index contributed by atoms with van der Waals surface area (Å²) in [6, 6.07) is 10.8. The van der Waals surface area contributed by atoms with Crippen LogP contribution in [0.5, 0.6) is 5.88 Å². The third-order valence-electron chi connectivity index (χ3n) is 9.35. The number of piperazine rings is 1. The molecule has 2 N–H and O–H groups in total. The van der Waals surface area contributed by atoms with Crippen molar-refractivity contribution in [3.8, 4) is 11.9 Å². The lowest BCUT2D eigenvalue weighted by Crippen LogP contribution is -2.54. The highest BCUT2D eigenvalue weighted by Gasteiger charge is 2.34. The third-order valence-corrected chi connectivity index (χ3v) is 9.35. The smallest absolute Gasteiger partial charge is 0.257 e. The first-order valence-corrected chi connectivity index (χ1v) is 16.1. The van der Waals surface area contributed by atoms with Gasteiger partial charge in [0.1, 0.15) is 12.1 Å². The van der Waals surface area contributed by atoms with Gasteiger partial charge in [-0.25, -0.2) is 9.97 Å². The lowest BCUT2D eigenvalue weighted by atomic mass is 9.84. The molecule has 4 heterocycles. The van der Waals surface area contributed by atoms with Crippen molar-refractivity contribution in [3.63, 3.8) is 0 Å². The number of nitrogens with one attached hydrogen (secondary N) is 2. The lowest BCUT2D eigenvalue weighted by Gasteiger charge is -2.38. The summed E-state index contributed by atoms with van der Waals surface area (Å²) in [5, 5.41) is 15.5. The van der Waals surface area contributed by atoms with E-state index in [1.807, 2.05) is 11.0 Å². The normalized spacial score (nSPS) is 22.8. The van der Waals surface area contributed by atoms with E-state index in [-0.39, 0.29) is 29.8 Å². The maximum Gasteiger partial charge on any atom is 0.257 e. The lowest BCUT2D eigenvalue weighted by molar-refractivity contribution is -0.139. The van der Waals surface area contributed by atoms with Crippen LogP contribution in [0.1, 0.15) is 73.8 Å². The second-order valence-electron chi connectivity index (χ2n) is 12.3. The number of fused-ring (bicyclic) bond motifs is 1. The first-order chi connectivity index (χ1) is 21.5. The topological polar surface area (TPSA) is 128 Å². The largest absolute Gasteiger partial charge is 0.476 e. The number of amides is 2. The summed E-state index contributed by atoms with van der Waals surface area (Å²) in [5.74, 6) is 0.961. The molecular formula is C33H42N8O3. The van der Waals surface area contributed by atoms with Gasteiger partial charge in [-0.15, -0.1) is 0 Å². The predicted molar refractivity (Wildman–Crippen MR) is 167 cm³/mol. The molecule has 11 nitrogen and oxygen atoms in total. The molecule has 0 bridgehead atoms. The Balaban J connectivity index is 1.22. The maximum absolute atomic E-state index is 13.4. The molecule has 3 aromatic rings. The number of nitriles is 1. The molecule has 0 spiro atoms. The average Bonchev–Trinajstić information content (AvgIpc) is 3.42. The molecule has 2 aromatic heterocycles. The molecule has 2 amide bonds. The van der Waals surface area contributed by atoms with Crippen LogP contribution in [0.3, 0.4) is 0 Å². The number of nitrogens with zero attached hydrogens (tertiary/aromatic N) is 6. The van der Waals surface area contributed by atoms with Crippen LogP contribution in [0.4, 0.5) is 5.95 Å². The summed E-state index contributed by atoms with van der Waals surface area (Å²) < 4.78 is 8.20. The van der Waals surface area contributed by atoms with E-state index < -0.39 is 0 Å². The molecule has 0 radical (unpaired) electrons. The fourth-order valence-electron chi connectivity index (χ4n) is 6.83. The van der Waals surface area contributed by atoms with Crippen LogP contribution in [-0.2, 0) is 4.79 Å². The zero-order chi connectivity index (χ0) is 30.5. The number of likely N-dealkylation sites (tertiary alicyclic amines) is 1. The number of rotatable bonds is 8. The van der Waals surface area contributed by atoms with Crippen LogP contribution >= 0.6 is 0 Å². The molecule has 1 saturated carbocycles. The second-order valence-corrected chi connectivity index (χ2v) is 12.3. The van der Waals surface area contributed by atoms with Gasteiger partial charge in [0.15, 0.2) is 0 Å². The van der Waals surface area contributed by atoms with Gasteiger partial charge >= 0.3 is 0 Å². The van der Waals surface area contributed by atoms with Crippen LogP contribution in [0.25, 0.3) is 11.0 Å². The van der Waals surface area contributed by atoms with Gasteiger partial charge < -0.3 is 19.5 Å². The standard InChI is InChI=1S/C33H42N8O3/c1-23-21-35-13-16-40(23)32(43)26-9-11-27(12-10-26)41-29-19-30(44-18-17-39-14-3-2-4-15-39)36-22-28(29)37-33(41)38-31(42)25-7-5-24(20-34)6-8-25/h5-8,19,22-23,26-27,35H,2-4,9-18,21H2,1H3,(H,37,38,42). The maximum atomic E-state index is 13.4. The van der Waals surface area contributed by atoms with Gasteiger partial charge in [-0.05, 0) is 82.8 Å². The number of carbonyl (C=O) groups is 2. The quantitative estimate of drug-likeness (QED) is 0.399. The van der Waals surface area contributed by atoms with Crippen molar-refractivity contribution in [3.05, 3.63) is 47.7 Å². The number of hydrogen-bond acceptors (Lipinski definition) is 8. The Kier molecular flexibility index (Phi) is 9.38. The Labute approximate surface area is 258 Å². The van der Waals surface area contributed by atoms with Gasteiger partial charge in [0, 0.05) is 55.8 Å². The summed E-state index contributed by atoms with van der Waals surface area (Å²) in [5.41, 5.74) is 2.47. The monoisotopic (exact) mass is 598 g/mol. The summed E-state index contributed by atoms with van der Waals surface area (Å²) >= 11 is 0. The molecule has 1 unspecified atom stereocenters. The van der Waals surface area contributed by atoms with Crippen molar-refractivity contribution in [2.45, 2.75) is 64.0 Å². The van der Waals surface area contributed by atoms with E-state index in [1.54, 1.807) is 30.5 Å². The molecule has 1 aromatic carbocycles. The summed E-state index contributed by atoms with van der Waals surface area (Å²) in [6.45, 7) is 8.20. The first-order valence-electron chi connectivity index (χ1n) is 16.1. The minimum absolute atomic E-state index is 0.00799. The van der Waals surface area contributed by atoms with Gasteiger partial charge in [0.25, 0.3) is 5.91 Å². The predicted octanol–water partition coefficient (Wildman–Crippen LogP) is 3.97. The van der Waals surface area contributed by atoms with E-state index in [1.165, 1.54) is 19.3 Å². The van der Waals surface area contributed by atoms with Crippen molar-refractivity contribution in [1.29, 1.82) is 5.26 Å². The van der Waals surface area contributed by atoms with Gasteiger partial charge in [-0.1, -0.05) is 6.42 Å². The number of carbonyl (C=O) groups excluding carboxylic acids is 2. The zero-order valence-corrected chi connectivity index (χ0v) is 25.5. The minimum atomic E-state index is -0.298. The van der Waals surface area contributed by atoms with Crippen molar-refractivity contribution < 1.29 is 14.3 Å². The number of pyridine rings is 1. The van der Waals surface area contributed by atoms with E-state index >= 15 is 0 Å². The van der Waals surface area contributed by atoms with E-state index in [9.17, 15) is 9.59 Å². The van der Waals surface area contributed by atoms with E-state index in [4.69, 9.17) is 15.0 Å². The number of piperidine rings is 1. The van der Waals surface area contributed by atoms with E-state index in [0.717, 1.165) is 70.5 Å². The molecule has 44 heavy (non-hydrogen) atoms. The van der Waals surface area contributed by atoms with E-state index in [2.05, 4.69) is 38.1 Å². The molecule has 2 saturated heterocycles. The van der Waals surface area contributed by atoms with E-state index in [0.29, 0.717) is 35.1 Å². The van der Waals surface area contributed by atoms with Crippen molar-refractivity contribution in [2.75, 3.05) is 51.2 Å². The van der Waals surface area contributed by atoms with Crippen molar-refractivity contribution in [2.24, 2.45) is 5.92 Å². The second kappa shape index (κ2) is 13.7. The van der Waals surface area contributed by atoms with Crippen LogP contribution in [0.2, 0.25) is 0 Å². The van der Waals surface area contributed by atoms with Gasteiger partial charge in [0.05, 0.1) is 23.3 Å². The Morgan fingerprint density at radius 1 is 1.09 bits per heavy atom. The molecule has 1 aliphatic carbocycles. The summed E-state index contributed by atoms with van der Waals surface area (Å²) in [4.78, 5) is 40.5. The molecule has 1 atom stereocenters. The van der Waals surface area contributed by atoms with Gasteiger partial charge in [-0.3, -0.25) is 19.8 Å². The number of aromatic nitrogens is 3. The molecule has 3 aliphatic rings. The Hall–Kier alpha value is -4.01. The third kappa shape index (κ3) is 6.71. The van der Waals surface area contributed by atoms with Gasteiger partial charge in [0.2, 0.25) is 17.7 Å². The van der Waals surface area contributed by atoms with Crippen molar-refractivity contribution in [1.82, 2.24) is 29.7 Å². The van der Waals surface area contributed by atoms with Crippen LogP contribution in [0, 0.1) is 17.2 Å². The Morgan fingerprint density at radius 3 is 2.59 bits per heavy atom. The highest BCUT2D eigenvalue weighted by molar-refractivity contribution is 6.04. The first kappa shape index (κ1) is 30.0.